The summed E-state index contributed by atoms with van der Waals surface area (Å²) in [6.07, 6.45) is 0.795. The fraction of sp³-hybridized carbons (Fsp3) is 0.304. The van der Waals surface area contributed by atoms with Crippen molar-refractivity contribution in [2.45, 2.75) is 40.2 Å². The number of hydrogen-bond acceptors (Lipinski definition) is 4. The first kappa shape index (κ1) is 19.7. The Hall–Kier alpha value is -3.08. The normalized spacial score (nSPS) is 10.9. The molecule has 5 heteroatoms. The van der Waals surface area contributed by atoms with Gasteiger partial charge in [0.2, 0.25) is 11.8 Å². The maximum absolute atomic E-state index is 11.0. The van der Waals surface area contributed by atoms with Gasteiger partial charge in [-0.25, -0.2) is 4.98 Å². The van der Waals surface area contributed by atoms with Gasteiger partial charge in [-0.3, -0.25) is 4.79 Å². The molecule has 0 saturated heterocycles. The van der Waals surface area contributed by atoms with Gasteiger partial charge >= 0.3 is 0 Å². The second kappa shape index (κ2) is 8.74. The number of fused-ring (bicyclic) bond motifs is 1. The molecule has 0 aliphatic carbocycles. The number of aryl methyl sites for hydroxylation is 1. The number of carbonyl (C=O) groups excluding carboxylic acids is 1. The maximum atomic E-state index is 11.0. The number of nitrogens with zero attached hydrogens (tertiary/aromatic N) is 1. The van der Waals surface area contributed by atoms with Crippen LogP contribution in [0.5, 0.6) is 11.6 Å². The van der Waals surface area contributed by atoms with Gasteiger partial charge in [-0.1, -0.05) is 6.07 Å². The molecule has 2 aromatic carbocycles. The molecule has 2 N–H and O–H groups in total. The lowest BCUT2D eigenvalue weighted by Crippen LogP contribution is -2.22. The minimum absolute atomic E-state index is 0.00689. The van der Waals surface area contributed by atoms with Gasteiger partial charge in [0.05, 0.1) is 5.52 Å². The van der Waals surface area contributed by atoms with E-state index in [-0.39, 0.29) is 5.91 Å². The first-order valence-electron chi connectivity index (χ1n) is 9.60. The highest BCUT2D eigenvalue weighted by Gasteiger charge is 2.06. The molecule has 0 aliphatic rings. The summed E-state index contributed by atoms with van der Waals surface area (Å²) in [7, 11) is 0. The lowest BCUT2D eigenvalue weighted by molar-refractivity contribution is -0.118. The molecule has 1 aromatic heterocycles. The van der Waals surface area contributed by atoms with E-state index < -0.39 is 0 Å². The second-order valence-corrected chi connectivity index (χ2v) is 7.29. The largest absolute Gasteiger partial charge is 0.439 e. The summed E-state index contributed by atoms with van der Waals surface area (Å²) in [6, 6.07) is 16.5. The fourth-order valence-corrected chi connectivity index (χ4v) is 3.05. The lowest BCUT2D eigenvalue weighted by Gasteiger charge is -2.13. The summed E-state index contributed by atoms with van der Waals surface area (Å²) in [6.45, 7) is 8.43. The minimum Gasteiger partial charge on any atom is -0.439 e. The molecule has 5 nitrogen and oxygen atoms in total. The van der Waals surface area contributed by atoms with Crippen molar-refractivity contribution >= 4 is 22.5 Å². The molecule has 1 heterocycles. The minimum atomic E-state index is -0.00689. The van der Waals surface area contributed by atoms with E-state index in [9.17, 15) is 4.79 Å². The Morgan fingerprint density at radius 2 is 1.93 bits per heavy atom. The topological polar surface area (TPSA) is 63.2 Å². The Labute approximate surface area is 166 Å². The van der Waals surface area contributed by atoms with E-state index in [1.165, 1.54) is 12.5 Å². The average molecular weight is 377 g/mol. The van der Waals surface area contributed by atoms with Crippen molar-refractivity contribution < 1.29 is 9.53 Å². The van der Waals surface area contributed by atoms with Crippen molar-refractivity contribution in [1.29, 1.82) is 0 Å². The van der Waals surface area contributed by atoms with Crippen LogP contribution >= 0.6 is 0 Å². The Morgan fingerprint density at radius 1 is 1.11 bits per heavy atom. The maximum Gasteiger partial charge on any atom is 0.219 e. The molecule has 0 saturated carbocycles. The standard InChI is InChI=1S/C23H27N3O2/c1-15(2)25-20-7-9-22(16(3)13-20)28-23-10-6-19-14-18(5-8-21(19)26-23)11-12-24-17(4)27/h5-10,13-15,25H,11-12H2,1-4H3,(H,24,27). The SMILES string of the molecule is CC(=O)NCCc1ccc2nc(Oc3ccc(NC(C)C)cc3C)ccc2c1. The predicted octanol–water partition coefficient (Wildman–Crippen LogP) is 4.83. The summed E-state index contributed by atoms with van der Waals surface area (Å²) in [5, 5.41) is 7.27. The Morgan fingerprint density at radius 3 is 2.64 bits per heavy atom. The number of amides is 1. The number of carbonyl (C=O) groups is 1. The number of pyridine rings is 1. The zero-order valence-electron chi connectivity index (χ0n) is 16.9. The van der Waals surface area contributed by atoms with Crippen LogP contribution in [0.2, 0.25) is 0 Å². The number of anilines is 1. The first-order valence-corrected chi connectivity index (χ1v) is 9.60. The van der Waals surface area contributed by atoms with Gasteiger partial charge in [-0.05, 0) is 74.7 Å². The van der Waals surface area contributed by atoms with E-state index in [0.29, 0.717) is 18.5 Å². The van der Waals surface area contributed by atoms with Crippen molar-refractivity contribution in [3.8, 4) is 11.6 Å². The van der Waals surface area contributed by atoms with Crippen LogP contribution in [0, 0.1) is 6.92 Å². The third-order valence-electron chi connectivity index (χ3n) is 4.36. The molecule has 3 rings (SSSR count). The number of nitrogens with one attached hydrogen (secondary N) is 2. The second-order valence-electron chi connectivity index (χ2n) is 7.29. The number of aromatic nitrogens is 1. The van der Waals surface area contributed by atoms with Crippen LogP contribution in [0.3, 0.4) is 0 Å². The van der Waals surface area contributed by atoms with Crippen LogP contribution < -0.4 is 15.4 Å². The van der Waals surface area contributed by atoms with Crippen molar-refractivity contribution in [3.63, 3.8) is 0 Å². The van der Waals surface area contributed by atoms with Gasteiger partial charge in [0.1, 0.15) is 5.75 Å². The molecule has 28 heavy (non-hydrogen) atoms. The van der Waals surface area contributed by atoms with Gasteiger partial charge in [0.25, 0.3) is 0 Å². The predicted molar refractivity (Wildman–Crippen MR) is 114 cm³/mol. The number of benzene rings is 2. The van der Waals surface area contributed by atoms with Crippen LogP contribution in [0.15, 0.2) is 48.5 Å². The first-order chi connectivity index (χ1) is 13.4. The Bertz CT molecular complexity index is 983. The molecule has 0 spiro atoms. The summed E-state index contributed by atoms with van der Waals surface area (Å²) in [4.78, 5) is 15.6. The zero-order chi connectivity index (χ0) is 20.1. The monoisotopic (exact) mass is 377 g/mol. The molecule has 3 aromatic rings. The zero-order valence-corrected chi connectivity index (χ0v) is 16.9. The summed E-state index contributed by atoms with van der Waals surface area (Å²) >= 11 is 0. The van der Waals surface area contributed by atoms with Crippen molar-refractivity contribution in [2.75, 3.05) is 11.9 Å². The van der Waals surface area contributed by atoms with E-state index in [2.05, 4.69) is 41.6 Å². The molecule has 0 bridgehead atoms. The summed E-state index contributed by atoms with van der Waals surface area (Å²) in [5.74, 6) is 1.37. The molecule has 0 radical (unpaired) electrons. The quantitative estimate of drug-likeness (QED) is 0.619. The van der Waals surface area contributed by atoms with E-state index in [0.717, 1.165) is 34.3 Å². The lowest BCUT2D eigenvalue weighted by atomic mass is 10.1. The van der Waals surface area contributed by atoms with Crippen LogP contribution in [0.25, 0.3) is 10.9 Å². The van der Waals surface area contributed by atoms with Crippen LogP contribution in [-0.4, -0.2) is 23.5 Å². The molecule has 1 amide bonds. The average Bonchev–Trinajstić information content (AvgIpc) is 2.63. The molecule has 0 atom stereocenters. The van der Waals surface area contributed by atoms with E-state index in [4.69, 9.17) is 4.74 Å². The highest BCUT2D eigenvalue weighted by atomic mass is 16.5. The van der Waals surface area contributed by atoms with Gasteiger partial charge in [-0.15, -0.1) is 0 Å². The molecule has 146 valence electrons. The number of hydrogen-bond donors (Lipinski definition) is 2. The molecular formula is C23H27N3O2. The Kier molecular flexibility index (Phi) is 6.14. The van der Waals surface area contributed by atoms with Crippen LogP contribution in [-0.2, 0) is 11.2 Å². The molecule has 0 aliphatic heterocycles. The van der Waals surface area contributed by atoms with Crippen molar-refractivity contribution in [1.82, 2.24) is 10.3 Å². The fourth-order valence-electron chi connectivity index (χ4n) is 3.05. The van der Waals surface area contributed by atoms with Crippen molar-refractivity contribution in [2.24, 2.45) is 0 Å². The molecular weight excluding hydrogens is 350 g/mol. The summed E-state index contributed by atoms with van der Waals surface area (Å²) in [5.41, 5.74) is 4.19. The van der Waals surface area contributed by atoms with Gasteiger partial charge < -0.3 is 15.4 Å². The van der Waals surface area contributed by atoms with Gasteiger partial charge in [0, 0.05) is 36.7 Å². The number of rotatable bonds is 7. The van der Waals surface area contributed by atoms with E-state index >= 15 is 0 Å². The van der Waals surface area contributed by atoms with Crippen LogP contribution in [0.4, 0.5) is 5.69 Å². The number of ether oxygens (including phenoxy) is 1. The van der Waals surface area contributed by atoms with Crippen molar-refractivity contribution in [3.05, 3.63) is 59.7 Å². The van der Waals surface area contributed by atoms with E-state index in [1.54, 1.807) is 0 Å². The molecule has 0 unspecified atom stereocenters. The molecule has 0 fully saturated rings. The highest BCUT2D eigenvalue weighted by molar-refractivity contribution is 5.80. The van der Waals surface area contributed by atoms with Gasteiger partial charge in [0.15, 0.2) is 0 Å². The smallest absolute Gasteiger partial charge is 0.219 e. The third-order valence-corrected chi connectivity index (χ3v) is 4.36. The third kappa shape index (κ3) is 5.22. The Balaban J connectivity index is 1.73. The van der Waals surface area contributed by atoms with Gasteiger partial charge in [-0.2, -0.15) is 0 Å². The van der Waals surface area contributed by atoms with Crippen LogP contribution in [0.1, 0.15) is 31.9 Å². The van der Waals surface area contributed by atoms with E-state index in [1.807, 2.05) is 43.3 Å². The summed E-state index contributed by atoms with van der Waals surface area (Å²) < 4.78 is 6.01. The highest BCUT2D eigenvalue weighted by Crippen LogP contribution is 2.28.